The maximum atomic E-state index is 6.22. The molecule has 18 heavy (non-hydrogen) atoms. The van der Waals surface area contributed by atoms with E-state index in [2.05, 4.69) is 35.2 Å². The van der Waals surface area contributed by atoms with E-state index in [4.69, 9.17) is 5.73 Å². The van der Waals surface area contributed by atoms with Crippen LogP contribution in [-0.2, 0) is 13.0 Å². The van der Waals surface area contributed by atoms with Crippen molar-refractivity contribution in [2.75, 3.05) is 0 Å². The standard InChI is InChI=1S/C15H20N2S/c1-10-8-18-9-12(10)7-17-11(2)6-13-14(16)4-3-5-15(13)17/h6,8-9,14H,3-5,7,16H2,1-2H3. The predicted molar refractivity (Wildman–Crippen MR) is 77.2 cm³/mol. The molecule has 0 radical (unpaired) electrons. The lowest BCUT2D eigenvalue weighted by Crippen LogP contribution is -2.18. The number of nitrogens with zero attached hydrogens (tertiary/aromatic N) is 1. The molecular weight excluding hydrogens is 240 g/mol. The number of rotatable bonds is 2. The Morgan fingerprint density at radius 1 is 1.39 bits per heavy atom. The van der Waals surface area contributed by atoms with Gasteiger partial charge in [0.25, 0.3) is 0 Å². The molecule has 1 aliphatic rings. The number of thiophene rings is 1. The smallest absolute Gasteiger partial charge is 0.0486 e. The van der Waals surface area contributed by atoms with Crippen LogP contribution in [0.4, 0.5) is 0 Å². The SMILES string of the molecule is Cc1cscc1Cn1c(C)cc2c1CCCC2N. The maximum Gasteiger partial charge on any atom is 0.0486 e. The van der Waals surface area contributed by atoms with E-state index in [1.54, 1.807) is 11.3 Å². The zero-order valence-electron chi connectivity index (χ0n) is 11.1. The summed E-state index contributed by atoms with van der Waals surface area (Å²) in [5.41, 5.74) is 13.3. The Bertz CT molecular complexity index is 565. The van der Waals surface area contributed by atoms with Crippen LogP contribution in [0.1, 0.15) is 47.0 Å². The van der Waals surface area contributed by atoms with Crippen LogP contribution in [0.2, 0.25) is 0 Å². The molecule has 0 spiro atoms. The maximum absolute atomic E-state index is 6.22. The highest BCUT2D eigenvalue weighted by molar-refractivity contribution is 7.08. The fourth-order valence-corrected chi connectivity index (χ4v) is 3.79. The van der Waals surface area contributed by atoms with Crippen molar-refractivity contribution in [1.82, 2.24) is 4.57 Å². The van der Waals surface area contributed by atoms with Crippen LogP contribution in [0.15, 0.2) is 16.8 Å². The summed E-state index contributed by atoms with van der Waals surface area (Å²) in [7, 11) is 0. The third kappa shape index (κ3) is 1.91. The molecule has 0 fully saturated rings. The first kappa shape index (κ1) is 12.0. The Labute approximate surface area is 112 Å². The summed E-state index contributed by atoms with van der Waals surface area (Å²) in [4.78, 5) is 0. The van der Waals surface area contributed by atoms with Crippen LogP contribution in [-0.4, -0.2) is 4.57 Å². The van der Waals surface area contributed by atoms with E-state index in [1.807, 2.05) is 0 Å². The Hall–Kier alpha value is -1.06. The largest absolute Gasteiger partial charge is 0.344 e. The van der Waals surface area contributed by atoms with Crippen molar-refractivity contribution in [3.05, 3.63) is 44.9 Å². The normalized spacial score (nSPS) is 18.9. The third-order valence-electron chi connectivity index (χ3n) is 4.07. The fraction of sp³-hybridized carbons (Fsp3) is 0.467. The van der Waals surface area contributed by atoms with Crippen molar-refractivity contribution in [1.29, 1.82) is 0 Å². The molecule has 2 aromatic rings. The van der Waals surface area contributed by atoms with Gasteiger partial charge in [-0.2, -0.15) is 11.3 Å². The number of aryl methyl sites for hydroxylation is 2. The van der Waals surface area contributed by atoms with Crippen LogP contribution in [0.3, 0.4) is 0 Å². The molecule has 0 aliphatic heterocycles. The van der Waals surface area contributed by atoms with Crippen molar-refractivity contribution in [3.8, 4) is 0 Å². The molecule has 0 saturated heterocycles. The summed E-state index contributed by atoms with van der Waals surface area (Å²) in [6.07, 6.45) is 3.54. The zero-order valence-corrected chi connectivity index (χ0v) is 11.9. The summed E-state index contributed by atoms with van der Waals surface area (Å²) in [6.45, 7) is 5.40. The summed E-state index contributed by atoms with van der Waals surface area (Å²) in [5, 5.41) is 4.50. The zero-order chi connectivity index (χ0) is 12.7. The Kier molecular flexibility index (Phi) is 3.04. The van der Waals surface area contributed by atoms with E-state index >= 15 is 0 Å². The van der Waals surface area contributed by atoms with Gasteiger partial charge in [-0.1, -0.05) is 0 Å². The van der Waals surface area contributed by atoms with E-state index in [1.165, 1.54) is 40.9 Å². The van der Waals surface area contributed by atoms with Gasteiger partial charge in [0.05, 0.1) is 0 Å². The summed E-state index contributed by atoms with van der Waals surface area (Å²) < 4.78 is 2.46. The quantitative estimate of drug-likeness (QED) is 0.879. The summed E-state index contributed by atoms with van der Waals surface area (Å²) >= 11 is 1.79. The topological polar surface area (TPSA) is 30.9 Å². The fourth-order valence-electron chi connectivity index (χ4n) is 2.94. The van der Waals surface area contributed by atoms with Crippen LogP contribution < -0.4 is 5.73 Å². The van der Waals surface area contributed by atoms with E-state index in [0.29, 0.717) is 0 Å². The van der Waals surface area contributed by atoms with Gasteiger partial charge in [-0.05, 0) is 66.6 Å². The first-order chi connectivity index (χ1) is 8.66. The second-order valence-electron chi connectivity index (χ2n) is 5.35. The van der Waals surface area contributed by atoms with Gasteiger partial charge in [0.2, 0.25) is 0 Å². The lowest BCUT2D eigenvalue weighted by atomic mass is 9.93. The Balaban J connectivity index is 2.00. The van der Waals surface area contributed by atoms with Crippen molar-refractivity contribution < 1.29 is 0 Å². The molecule has 2 heterocycles. The molecule has 2 aromatic heterocycles. The lowest BCUT2D eigenvalue weighted by molar-refractivity contribution is 0.546. The minimum absolute atomic E-state index is 0.247. The molecule has 3 heteroatoms. The van der Waals surface area contributed by atoms with Crippen molar-refractivity contribution >= 4 is 11.3 Å². The van der Waals surface area contributed by atoms with Crippen molar-refractivity contribution in [2.45, 2.75) is 45.7 Å². The van der Waals surface area contributed by atoms with Gasteiger partial charge in [-0.25, -0.2) is 0 Å². The molecular formula is C15H20N2S. The number of hydrogen-bond donors (Lipinski definition) is 1. The predicted octanol–water partition coefficient (Wildman–Crippen LogP) is 3.55. The minimum Gasteiger partial charge on any atom is -0.344 e. The van der Waals surface area contributed by atoms with Crippen LogP contribution in [0, 0.1) is 13.8 Å². The molecule has 0 saturated carbocycles. The monoisotopic (exact) mass is 260 g/mol. The number of nitrogens with two attached hydrogens (primary N) is 1. The van der Waals surface area contributed by atoms with E-state index in [9.17, 15) is 0 Å². The first-order valence-electron chi connectivity index (χ1n) is 6.63. The van der Waals surface area contributed by atoms with E-state index in [0.717, 1.165) is 13.0 Å². The van der Waals surface area contributed by atoms with Gasteiger partial charge in [-0.3, -0.25) is 0 Å². The van der Waals surface area contributed by atoms with Crippen molar-refractivity contribution in [3.63, 3.8) is 0 Å². The first-order valence-corrected chi connectivity index (χ1v) is 7.57. The molecule has 2 nitrogen and oxygen atoms in total. The molecule has 0 bridgehead atoms. The molecule has 1 unspecified atom stereocenters. The minimum atomic E-state index is 0.247. The number of hydrogen-bond acceptors (Lipinski definition) is 2. The van der Waals surface area contributed by atoms with Crippen LogP contribution in [0.25, 0.3) is 0 Å². The van der Waals surface area contributed by atoms with Gasteiger partial charge in [0, 0.05) is 24.0 Å². The molecule has 1 atom stereocenters. The molecule has 3 rings (SSSR count). The van der Waals surface area contributed by atoms with Gasteiger partial charge < -0.3 is 10.3 Å². The van der Waals surface area contributed by atoms with Crippen molar-refractivity contribution in [2.24, 2.45) is 5.73 Å². The second kappa shape index (κ2) is 4.56. The number of aromatic nitrogens is 1. The Morgan fingerprint density at radius 2 is 2.22 bits per heavy atom. The average molecular weight is 260 g/mol. The second-order valence-corrected chi connectivity index (χ2v) is 6.10. The molecule has 96 valence electrons. The molecule has 1 aliphatic carbocycles. The van der Waals surface area contributed by atoms with Gasteiger partial charge in [0.15, 0.2) is 0 Å². The van der Waals surface area contributed by atoms with Gasteiger partial charge in [-0.15, -0.1) is 0 Å². The van der Waals surface area contributed by atoms with Crippen LogP contribution in [0.5, 0.6) is 0 Å². The third-order valence-corrected chi connectivity index (χ3v) is 4.98. The summed E-state index contributed by atoms with van der Waals surface area (Å²) in [5.74, 6) is 0. The Morgan fingerprint density at radius 3 is 2.94 bits per heavy atom. The van der Waals surface area contributed by atoms with Gasteiger partial charge >= 0.3 is 0 Å². The molecule has 0 aromatic carbocycles. The highest BCUT2D eigenvalue weighted by Gasteiger charge is 2.22. The van der Waals surface area contributed by atoms with Crippen LogP contribution >= 0.6 is 11.3 Å². The summed E-state index contributed by atoms with van der Waals surface area (Å²) in [6, 6.07) is 2.54. The van der Waals surface area contributed by atoms with Gasteiger partial charge in [0.1, 0.15) is 0 Å². The highest BCUT2D eigenvalue weighted by Crippen LogP contribution is 2.31. The molecule has 0 amide bonds. The highest BCUT2D eigenvalue weighted by atomic mass is 32.1. The lowest BCUT2D eigenvalue weighted by Gasteiger charge is -2.21. The molecule has 2 N–H and O–H groups in total. The average Bonchev–Trinajstić information content (AvgIpc) is 2.87. The number of fused-ring (bicyclic) bond motifs is 1. The van der Waals surface area contributed by atoms with E-state index < -0.39 is 0 Å². The van der Waals surface area contributed by atoms with E-state index in [-0.39, 0.29) is 6.04 Å².